The first-order valence-electron chi connectivity index (χ1n) is 7.27. The van der Waals surface area contributed by atoms with Crippen molar-refractivity contribution < 1.29 is 19.1 Å². The number of carbonyl (C=O) groups excluding carboxylic acids is 2. The predicted octanol–water partition coefficient (Wildman–Crippen LogP) is 2.43. The molecule has 0 radical (unpaired) electrons. The summed E-state index contributed by atoms with van der Waals surface area (Å²) >= 11 is 0. The summed E-state index contributed by atoms with van der Waals surface area (Å²) in [5, 5.41) is 0. The van der Waals surface area contributed by atoms with E-state index in [4.69, 9.17) is 9.47 Å². The van der Waals surface area contributed by atoms with E-state index in [1.165, 1.54) is 4.90 Å². The Kier molecular flexibility index (Phi) is 4.02. The Balaban J connectivity index is 1.91. The highest BCUT2D eigenvalue weighted by Crippen LogP contribution is 2.28. The number of hydrogen-bond acceptors (Lipinski definition) is 4. The van der Waals surface area contributed by atoms with Gasteiger partial charge >= 0.3 is 0 Å². The van der Waals surface area contributed by atoms with Crippen molar-refractivity contribution in [3.8, 4) is 11.5 Å². The Morgan fingerprint density at radius 2 is 1.83 bits per heavy atom. The molecule has 23 heavy (non-hydrogen) atoms. The van der Waals surface area contributed by atoms with Gasteiger partial charge in [0.05, 0.1) is 27.2 Å². The lowest BCUT2D eigenvalue weighted by atomic mass is 9.98. The lowest BCUT2D eigenvalue weighted by molar-refractivity contribution is -0.128. The number of benzene rings is 2. The van der Waals surface area contributed by atoms with Crippen LogP contribution in [0.25, 0.3) is 0 Å². The Morgan fingerprint density at radius 3 is 2.57 bits per heavy atom. The molecule has 0 unspecified atom stereocenters. The molecule has 2 amide bonds. The lowest BCUT2D eigenvalue weighted by Crippen LogP contribution is -2.41. The smallest absolute Gasteiger partial charge is 0.261 e. The number of imide groups is 1. The lowest BCUT2D eigenvalue weighted by Gasteiger charge is -2.27. The normalized spacial score (nSPS) is 13.7. The van der Waals surface area contributed by atoms with E-state index in [-0.39, 0.29) is 24.8 Å². The van der Waals surface area contributed by atoms with Crippen LogP contribution < -0.4 is 9.47 Å². The van der Waals surface area contributed by atoms with Gasteiger partial charge in [0.25, 0.3) is 5.91 Å². The third-order valence-electron chi connectivity index (χ3n) is 3.96. The molecule has 0 N–H and O–H groups in total. The summed E-state index contributed by atoms with van der Waals surface area (Å²) in [6.45, 7) is 0.180. The number of rotatable bonds is 4. The standard InChI is InChI=1S/C18H17NO4/c1-22-14-8-7-13(16(10-14)23-2)11-19-17(20)9-12-5-3-4-6-15(12)18(19)21/h3-8,10H,9,11H2,1-2H3. The number of nitrogens with zero attached hydrogens (tertiary/aromatic N) is 1. The summed E-state index contributed by atoms with van der Waals surface area (Å²) in [6.07, 6.45) is 0.236. The largest absolute Gasteiger partial charge is 0.497 e. The zero-order chi connectivity index (χ0) is 16.4. The fourth-order valence-corrected chi connectivity index (χ4v) is 2.71. The Labute approximate surface area is 134 Å². The molecule has 0 aromatic heterocycles. The number of fused-ring (bicyclic) bond motifs is 1. The van der Waals surface area contributed by atoms with Gasteiger partial charge in [-0.15, -0.1) is 0 Å². The van der Waals surface area contributed by atoms with E-state index >= 15 is 0 Å². The molecule has 118 valence electrons. The first kappa shape index (κ1) is 15.1. The second kappa shape index (κ2) is 6.12. The summed E-state index contributed by atoms with van der Waals surface area (Å²) in [4.78, 5) is 26.2. The number of carbonyl (C=O) groups is 2. The van der Waals surface area contributed by atoms with Crippen LogP contribution in [0.1, 0.15) is 21.5 Å². The van der Waals surface area contributed by atoms with Crippen LogP contribution >= 0.6 is 0 Å². The summed E-state index contributed by atoms with van der Waals surface area (Å²) < 4.78 is 10.5. The highest BCUT2D eigenvalue weighted by atomic mass is 16.5. The van der Waals surface area contributed by atoms with Crippen LogP contribution in [0, 0.1) is 0 Å². The minimum absolute atomic E-state index is 0.180. The van der Waals surface area contributed by atoms with Gasteiger partial charge in [-0.25, -0.2) is 0 Å². The van der Waals surface area contributed by atoms with Crippen LogP contribution in [0.15, 0.2) is 42.5 Å². The molecule has 1 aliphatic heterocycles. The first-order valence-corrected chi connectivity index (χ1v) is 7.27. The van der Waals surface area contributed by atoms with Crippen LogP contribution in [0.5, 0.6) is 11.5 Å². The quantitative estimate of drug-likeness (QED) is 0.814. The molecule has 0 bridgehead atoms. The SMILES string of the molecule is COc1ccc(CN2C(=O)Cc3ccccc3C2=O)c(OC)c1. The second-order valence-corrected chi connectivity index (χ2v) is 5.30. The van der Waals surface area contributed by atoms with E-state index in [0.717, 1.165) is 11.1 Å². The van der Waals surface area contributed by atoms with E-state index in [2.05, 4.69) is 0 Å². The van der Waals surface area contributed by atoms with Gasteiger partial charge in [-0.2, -0.15) is 0 Å². The molecule has 0 atom stereocenters. The minimum atomic E-state index is -0.269. The van der Waals surface area contributed by atoms with Gasteiger partial charge in [-0.1, -0.05) is 18.2 Å². The van der Waals surface area contributed by atoms with Gasteiger partial charge < -0.3 is 9.47 Å². The van der Waals surface area contributed by atoms with E-state index in [0.29, 0.717) is 17.1 Å². The molecule has 0 spiro atoms. The van der Waals surface area contributed by atoms with Crippen molar-refractivity contribution in [2.24, 2.45) is 0 Å². The zero-order valence-electron chi connectivity index (χ0n) is 13.0. The van der Waals surface area contributed by atoms with Crippen molar-refractivity contribution in [3.05, 3.63) is 59.2 Å². The summed E-state index contributed by atoms with van der Waals surface area (Å²) in [5.41, 5.74) is 2.12. The van der Waals surface area contributed by atoms with Crippen LogP contribution in [0.4, 0.5) is 0 Å². The van der Waals surface area contributed by atoms with Crippen molar-refractivity contribution in [2.45, 2.75) is 13.0 Å². The number of ether oxygens (including phenoxy) is 2. The van der Waals surface area contributed by atoms with Crippen LogP contribution in [-0.4, -0.2) is 30.9 Å². The molecule has 0 fully saturated rings. The monoisotopic (exact) mass is 311 g/mol. The molecule has 3 rings (SSSR count). The fourth-order valence-electron chi connectivity index (χ4n) is 2.71. The molecular weight excluding hydrogens is 294 g/mol. The van der Waals surface area contributed by atoms with Gasteiger partial charge in [-0.3, -0.25) is 14.5 Å². The highest BCUT2D eigenvalue weighted by Gasteiger charge is 2.31. The van der Waals surface area contributed by atoms with Gasteiger partial charge in [0.1, 0.15) is 11.5 Å². The molecule has 5 nitrogen and oxygen atoms in total. The van der Waals surface area contributed by atoms with Crippen LogP contribution in [0.2, 0.25) is 0 Å². The maximum absolute atomic E-state index is 12.6. The molecule has 0 aliphatic carbocycles. The van der Waals surface area contributed by atoms with Gasteiger partial charge in [-0.05, 0) is 23.8 Å². The second-order valence-electron chi connectivity index (χ2n) is 5.30. The van der Waals surface area contributed by atoms with Crippen molar-refractivity contribution in [1.29, 1.82) is 0 Å². The maximum Gasteiger partial charge on any atom is 0.261 e. The topological polar surface area (TPSA) is 55.8 Å². The molecule has 1 heterocycles. The van der Waals surface area contributed by atoms with Crippen molar-refractivity contribution >= 4 is 11.8 Å². The van der Waals surface area contributed by atoms with Gasteiger partial charge in [0.15, 0.2) is 0 Å². The van der Waals surface area contributed by atoms with Crippen LogP contribution in [0.3, 0.4) is 0 Å². The predicted molar refractivity (Wildman–Crippen MR) is 84.6 cm³/mol. The summed E-state index contributed by atoms with van der Waals surface area (Å²) in [7, 11) is 3.12. The van der Waals surface area contributed by atoms with E-state index in [1.807, 2.05) is 12.1 Å². The molecular formula is C18H17NO4. The van der Waals surface area contributed by atoms with Crippen molar-refractivity contribution in [2.75, 3.05) is 14.2 Å². The fraction of sp³-hybridized carbons (Fsp3) is 0.222. The number of amides is 2. The third kappa shape index (κ3) is 2.77. The molecule has 5 heteroatoms. The number of methoxy groups -OCH3 is 2. The number of hydrogen-bond donors (Lipinski definition) is 0. The van der Waals surface area contributed by atoms with E-state index in [1.54, 1.807) is 44.6 Å². The highest BCUT2D eigenvalue weighted by molar-refractivity contribution is 6.09. The van der Waals surface area contributed by atoms with E-state index < -0.39 is 0 Å². The molecule has 0 saturated carbocycles. The molecule has 2 aromatic carbocycles. The Morgan fingerprint density at radius 1 is 1.04 bits per heavy atom. The van der Waals surface area contributed by atoms with Gasteiger partial charge in [0.2, 0.25) is 5.91 Å². The Hall–Kier alpha value is -2.82. The molecule has 0 saturated heterocycles. The summed E-state index contributed by atoms with van der Waals surface area (Å²) in [5.74, 6) is 0.775. The van der Waals surface area contributed by atoms with Crippen molar-refractivity contribution in [3.63, 3.8) is 0 Å². The average molecular weight is 311 g/mol. The summed E-state index contributed by atoms with van der Waals surface area (Å²) in [6, 6.07) is 12.5. The first-order chi connectivity index (χ1) is 11.1. The third-order valence-corrected chi connectivity index (χ3v) is 3.96. The molecule has 1 aliphatic rings. The average Bonchev–Trinajstić information content (AvgIpc) is 2.58. The van der Waals surface area contributed by atoms with Gasteiger partial charge in [0, 0.05) is 17.2 Å². The zero-order valence-corrected chi connectivity index (χ0v) is 13.0. The maximum atomic E-state index is 12.6. The van der Waals surface area contributed by atoms with Crippen LogP contribution in [-0.2, 0) is 17.8 Å². The van der Waals surface area contributed by atoms with Crippen molar-refractivity contribution in [1.82, 2.24) is 4.90 Å². The minimum Gasteiger partial charge on any atom is -0.497 e. The Bertz CT molecular complexity index is 769. The molecule has 2 aromatic rings. The van der Waals surface area contributed by atoms with E-state index in [9.17, 15) is 9.59 Å².